The van der Waals surface area contributed by atoms with Crippen LogP contribution in [0, 0.1) is 18.7 Å². The van der Waals surface area contributed by atoms with E-state index in [1.807, 2.05) is 12.1 Å². The minimum Gasteiger partial charge on any atom is -0.383 e. The van der Waals surface area contributed by atoms with Gasteiger partial charge in [-0.05, 0) is 30.0 Å². The molecule has 3 heteroatoms. The van der Waals surface area contributed by atoms with Crippen LogP contribution in [0.15, 0.2) is 23.8 Å². The third-order valence-electron chi connectivity index (χ3n) is 3.10. The number of aryl methyl sites for hydroxylation is 1. The van der Waals surface area contributed by atoms with Crippen molar-refractivity contribution in [3.8, 4) is 0 Å². The quantitative estimate of drug-likeness (QED) is 0.763. The van der Waals surface area contributed by atoms with E-state index in [1.165, 1.54) is 5.57 Å². The van der Waals surface area contributed by atoms with Crippen LogP contribution < -0.4 is 5.32 Å². The maximum Gasteiger partial charge on any atom is 0.126 e. The summed E-state index contributed by atoms with van der Waals surface area (Å²) in [6.45, 7) is 8.39. The van der Waals surface area contributed by atoms with Crippen molar-refractivity contribution in [1.82, 2.24) is 5.32 Å². The van der Waals surface area contributed by atoms with Crippen LogP contribution in [0.5, 0.6) is 0 Å². The molecule has 0 spiro atoms. The lowest BCUT2D eigenvalue weighted by Gasteiger charge is -2.13. The number of ether oxygens (including phenoxy) is 1. The molecule has 0 aliphatic carbocycles. The lowest BCUT2D eigenvalue weighted by Crippen LogP contribution is -2.23. The van der Waals surface area contributed by atoms with Gasteiger partial charge in [0.2, 0.25) is 0 Å². The van der Waals surface area contributed by atoms with Crippen LogP contribution in [0.25, 0.3) is 6.08 Å². The summed E-state index contributed by atoms with van der Waals surface area (Å²) in [6.07, 6.45) is 2.06. The van der Waals surface area contributed by atoms with Crippen molar-refractivity contribution in [2.24, 2.45) is 5.92 Å². The van der Waals surface area contributed by atoms with Gasteiger partial charge in [-0.1, -0.05) is 37.6 Å². The lowest BCUT2D eigenvalue weighted by molar-refractivity contribution is 0.200. The fraction of sp³-hybridized carbons (Fsp3) is 0.500. The summed E-state index contributed by atoms with van der Waals surface area (Å²) in [7, 11) is 1.69. The Morgan fingerprint density at radius 3 is 2.74 bits per heavy atom. The first kappa shape index (κ1) is 15.9. The van der Waals surface area contributed by atoms with E-state index >= 15 is 0 Å². The number of methoxy groups -OCH3 is 1. The predicted octanol–water partition coefficient (Wildman–Crippen LogP) is 3.41. The van der Waals surface area contributed by atoms with Crippen LogP contribution in [-0.2, 0) is 4.74 Å². The van der Waals surface area contributed by atoms with E-state index in [4.69, 9.17) is 4.74 Å². The minimum absolute atomic E-state index is 0.149. The van der Waals surface area contributed by atoms with Crippen molar-refractivity contribution in [3.63, 3.8) is 0 Å². The maximum absolute atomic E-state index is 13.5. The van der Waals surface area contributed by atoms with Crippen molar-refractivity contribution in [2.75, 3.05) is 26.8 Å². The molecule has 1 aromatic carbocycles. The van der Waals surface area contributed by atoms with Crippen molar-refractivity contribution in [1.29, 1.82) is 0 Å². The fourth-order valence-corrected chi connectivity index (χ4v) is 1.74. The molecule has 0 aliphatic rings. The van der Waals surface area contributed by atoms with Crippen molar-refractivity contribution >= 4 is 6.08 Å². The SMILES string of the molecule is COCCNCC(=Cc1ccc(C)c(F)c1)C(C)C. The summed E-state index contributed by atoms with van der Waals surface area (Å²) in [5, 5.41) is 3.33. The number of hydrogen-bond acceptors (Lipinski definition) is 2. The monoisotopic (exact) mass is 265 g/mol. The Morgan fingerprint density at radius 1 is 1.42 bits per heavy atom. The van der Waals surface area contributed by atoms with Crippen LogP contribution in [-0.4, -0.2) is 26.8 Å². The Morgan fingerprint density at radius 2 is 2.16 bits per heavy atom. The highest BCUT2D eigenvalue weighted by atomic mass is 19.1. The topological polar surface area (TPSA) is 21.3 Å². The predicted molar refractivity (Wildman–Crippen MR) is 78.7 cm³/mol. The third-order valence-corrected chi connectivity index (χ3v) is 3.10. The third kappa shape index (κ3) is 5.53. The van der Waals surface area contributed by atoms with E-state index in [-0.39, 0.29) is 5.82 Å². The Hall–Kier alpha value is -1.19. The molecule has 0 heterocycles. The van der Waals surface area contributed by atoms with E-state index in [2.05, 4.69) is 25.2 Å². The average molecular weight is 265 g/mol. The number of nitrogens with one attached hydrogen (secondary N) is 1. The standard InChI is InChI=1S/C16H24FNO/c1-12(2)15(11-18-7-8-19-4)9-14-6-5-13(3)16(17)10-14/h5-6,9-10,12,18H,7-8,11H2,1-4H3. The minimum atomic E-state index is -0.149. The van der Waals surface area contributed by atoms with Crippen LogP contribution in [0.1, 0.15) is 25.0 Å². The summed E-state index contributed by atoms with van der Waals surface area (Å²) in [6, 6.07) is 5.36. The van der Waals surface area contributed by atoms with E-state index in [0.717, 1.165) is 18.7 Å². The lowest BCUT2D eigenvalue weighted by atomic mass is 9.99. The molecule has 1 aromatic rings. The van der Waals surface area contributed by atoms with Gasteiger partial charge in [0.25, 0.3) is 0 Å². The van der Waals surface area contributed by atoms with E-state index < -0.39 is 0 Å². The van der Waals surface area contributed by atoms with Gasteiger partial charge in [-0.2, -0.15) is 0 Å². The van der Waals surface area contributed by atoms with Crippen molar-refractivity contribution < 1.29 is 9.13 Å². The van der Waals surface area contributed by atoms with Gasteiger partial charge in [0.05, 0.1) is 6.61 Å². The molecule has 0 amide bonds. The molecular formula is C16H24FNO. The fourth-order valence-electron chi connectivity index (χ4n) is 1.74. The number of halogens is 1. The molecule has 0 bridgehead atoms. The van der Waals surface area contributed by atoms with Crippen LogP contribution >= 0.6 is 0 Å². The molecule has 0 fully saturated rings. The number of benzene rings is 1. The zero-order valence-corrected chi connectivity index (χ0v) is 12.3. The zero-order chi connectivity index (χ0) is 14.3. The number of hydrogen-bond donors (Lipinski definition) is 1. The van der Waals surface area contributed by atoms with Crippen molar-refractivity contribution in [3.05, 3.63) is 40.7 Å². The summed E-state index contributed by atoms with van der Waals surface area (Å²) >= 11 is 0. The zero-order valence-electron chi connectivity index (χ0n) is 12.3. The molecule has 0 saturated carbocycles. The van der Waals surface area contributed by atoms with Gasteiger partial charge in [0.15, 0.2) is 0 Å². The molecule has 0 aliphatic heterocycles. The van der Waals surface area contributed by atoms with Crippen LogP contribution in [0.2, 0.25) is 0 Å². The highest BCUT2D eigenvalue weighted by Gasteiger charge is 2.04. The smallest absolute Gasteiger partial charge is 0.126 e. The van der Waals surface area contributed by atoms with Crippen LogP contribution in [0.4, 0.5) is 4.39 Å². The maximum atomic E-state index is 13.5. The molecule has 0 aromatic heterocycles. The first-order valence-electron chi connectivity index (χ1n) is 6.71. The Kier molecular flexibility index (Phi) is 6.74. The molecule has 1 N–H and O–H groups in total. The molecule has 0 atom stereocenters. The van der Waals surface area contributed by atoms with Crippen LogP contribution in [0.3, 0.4) is 0 Å². The van der Waals surface area contributed by atoms with E-state index in [9.17, 15) is 4.39 Å². The summed E-state index contributed by atoms with van der Waals surface area (Å²) in [5.74, 6) is 0.281. The first-order chi connectivity index (χ1) is 9.04. The molecule has 0 saturated heterocycles. The van der Waals surface area contributed by atoms with Gasteiger partial charge < -0.3 is 10.1 Å². The van der Waals surface area contributed by atoms with Gasteiger partial charge in [0.1, 0.15) is 5.82 Å². The molecule has 106 valence electrons. The second kappa shape index (κ2) is 8.08. The number of rotatable bonds is 7. The van der Waals surface area contributed by atoms with Gasteiger partial charge in [-0.3, -0.25) is 0 Å². The van der Waals surface area contributed by atoms with Gasteiger partial charge in [-0.15, -0.1) is 0 Å². The van der Waals surface area contributed by atoms with Crippen molar-refractivity contribution in [2.45, 2.75) is 20.8 Å². The highest BCUT2D eigenvalue weighted by molar-refractivity contribution is 5.54. The second-order valence-corrected chi connectivity index (χ2v) is 5.05. The second-order valence-electron chi connectivity index (χ2n) is 5.05. The van der Waals surface area contributed by atoms with E-state index in [1.54, 1.807) is 20.1 Å². The molecule has 0 radical (unpaired) electrons. The summed E-state index contributed by atoms with van der Waals surface area (Å²) in [5.41, 5.74) is 2.86. The van der Waals surface area contributed by atoms with Gasteiger partial charge in [-0.25, -0.2) is 4.39 Å². The van der Waals surface area contributed by atoms with E-state index in [0.29, 0.717) is 18.1 Å². The largest absolute Gasteiger partial charge is 0.383 e. The molecule has 19 heavy (non-hydrogen) atoms. The normalized spacial score (nSPS) is 12.2. The molecule has 1 rings (SSSR count). The first-order valence-corrected chi connectivity index (χ1v) is 6.71. The average Bonchev–Trinajstić information content (AvgIpc) is 2.37. The molecule has 0 unspecified atom stereocenters. The Balaban J connectivity index is 2.73. The molecule has 2 nitrogen and oxygen atoms in total. The Bertz CT molecular complexity index is 427. The van der Waals surface area contributed by atoms with Gasteiger partial charge in [0, 0.05) is 20.2 Å². The highest BCUT2D eigenvalue weighted by Crippen LogP contribution is 2.16. The summed E-state index contributed by atoms with van der Waals surface area (Å²) in [4.78, 5) is 0. The Labute approximate surface area is 115 Å². The van der Waals surface area contributed by atoms with Gasteiger partial charge >= 0.3 is 0 Å². The molecular weight excluding hydrogens is 241 g/mol. The summed E-state index contributed by atoms with van der Waals surface area (Å²) < 4.78 is 18.5.